The van der Waals surface area contributed by atoms with Gasteiger partial charge in [0, 0.05) is 5.56 Å². The van der Waals surface area contributed by atoms with E-state index < -0.39 is 23.4 Å². The van der Waals surface area contributed by atoms with Crippen molar-refractivity contribution in [2.75, 3.05) is 0 Å². The van der Waals surface area contributed by atoms with Gasteiger partial charge in [0.25, 0.3) is 0 Å². The molecule has 0 aliphatic heterocycles. The van der Waals surface area contributed by atoms with E-state index in [4.69, 9.17) is 4.42 Å². The highest BCUT2D eigenvalue weighted by Crippen LogP contribution is 2.33. The fraction of sp³-hybridized carbons (Fsp3) is 0.0588. The third-order valence-corrected chi connectivity index (χ3v) is 3.79. The van der Waals surface area contributed by atoms with E-state index in [1.54, 1.807) is 0 Å². The molecule has 0 amide bonds. The lowest BCUT2D eigenvalue weighted by Gasteiger charge is -2.07. The van der Waals surface area contributed by atoms with Crippen LogP contribution in [0.1, 0.15) is 5.69 Å². The summed E-state index contributed by atoms with van der Waals surface area (Å²) in [6, 6.07) is 10.3. The molecule has 0 saturated carbocycles. The molecule has 2 aromatic heterocycles. The molecular formula is C17H9F4N3O2. The zero-order chi connectivity index (χ0) is 18.5. The third kappa shape index (κ3) is 2.77. The number of benzene rings is 2. The first-order valence-corrected chi connectivity index (χ1v) is 7.38. The maximum Gasteiger partial charge on any atom is 0.435 e. The summed E-state index contributed by atoms with van der Waals surface area (Å²) < 4.78 is 58.5. The van der Waals surface area contributed by atoms with Crippen LogP contribution in [0.4, 0.5) is 17.6 Å². The summed E-state index contributed by atoms with van der Waals surface area (Å²) in [5, 5.41) is 3.62. The lowest BCUT2D eigenvalue weighted by Crippen LogP contribution is -2.07. The first-order chi connectivity index (χ1) is 12.3. The van der Waals surface area contributed by atoms with Crippen LogP contribution in [0.25, 0.3) is 28.0 Å². The van der Waals surface area contributed by atoms with Gasteiger partial charge in [-0.05, 0) is 48.5 Å². The van der Waals surface area contributed by atoms with Crippen LogP contribution in [0.5, 0.6) is 0 Å². The van der Waals surface area contributed by atoms with Crippen LogP contribution in [-0.4, -0.2) is 14.8 Å². The zero-order valence-electron chi connectivity index (χ0n) is 12.8. The fourth-order valence-corrected chi connectivity index (χ4v) is 2.62. The van der Waals surface area contributed by atoms with E-state index in [2.05, 4.69) is 10.1 Å². The van der Waals surface area contributed by atoms with Gasteiger partial charge in [-0.3, -0.25) is 4.98 Å². The maximum absolute atomic E-state index is 13.1. The highest BCUT2D eigenvalue weighted by molar-refractivity contribution is 5.79. The summed E-state index contributed by atoms with van der Waals surface area (Å²) in [5.41, 5.74) is 0.306. The van der Waals surface area contributed by atoms with Gasteiger partial charge in [-0.1, -0.05) is 0 Å². The molecule has 26 heavy (non-hydrogen) atoms. The maximum atomic E-state index is 13.1. The molecule has 2 heterocycles. The van der Waals surface area contributed by atoms with Crippen LogP contribution in [0.15, 0.2) is 57.7 Å². The lowest BCUT2D eigenvalue weighted by atomic mass is 10.1. The second-order valence-corrected chi connectivity index (χ2v) is 5.53. The second kappa shape index (κ2) is 5.58. The molecule has 0 aliphatic carbocycles. The van der Waals surface area contributed by atoms with Crippen molar-refractivity contribution < 1.29 is 22.0 Å². The number of hydrogen-bond acceptors (Lipinski definition) is 3. The Balaban J connectivity index is 1.94. The predicted octanol–water partition coefficient (Wildman–Crippen LogP) is 4.13. The van der Waals surface area contributed by atoms with E-state index in [1.807, 2.05) is 0 Å². The van der Waals surface area contributed by atoms with E-state index in [-0.39, 0.29) is 17.0 Å². The highest BCUT2D eigenvalue weighted by Gasteiger charge is 2.35. The van der Waals surface area contributed by atoms with Crippen LogP contribution in [0.2, 0.25) is 0 Å². The van der Waals surface area contributed by atoms with Crippen molar-refractivity contribution in [2.24, 2.45) is 0 Å². The van der Waals surface area contributed by atoms with Crippen molar-refractivity contribution >= 4 is 11.1 Å². The summed E-state index contributed by atoms with van der Waals surface area (Å²) in [6.07, 6.45) is -4.64. The molecule has 0 fully saturated rings. The number of aromatic nitrogens is 3. The van der Waals surface area contributed by atoms with Crippen LogP contribution in [-0.2, 0) is 6.18 Å². The Labute approximate surface area is 142 Å². The average Bonchev–Trinajstić information content (AvgIpc) is 3.17. The zero-order valence-corrected chi connectivity index (χ0v) is 12.8. The molecule has 0 saturated heterocycles. The van der Waals surface area contributed by atoms with Crippen molar-refractivity contribution in [3.8, 4) is 16.9 Å². The smallest absolute Gasteiger partial charge is 0.408 e. The molecule has 0 aliphatic rings. The molecule has 2 aromatic carbocycles. The van der Waals surface area contributed by atoms with Crippen molar-refractivity contribution in [1.29, 1.82) is 0 Å². The Morgan fingerprint density at radius 1 is 1.04 bits per heavy atom. The fourth-order valence-electron chi connectivity index (χ4n) is 2.62. The van der Waals surface area contributed by atoms with Crippen molar-refractivity contribution in [3.05, 3.63) is 70.6 Å². The summed E-state index contributed by atoms with van der Waals surface area (Å²) in [5.74, 6) is -1.18. The summed E-state index contributed by atoms with van der Waals surface area (Å²) in [7, 11) is 0. The standard InChI is InChI=1S/C17H9F4N3O2/c18-10-2-4-11(5-3-10)24-13(8-15(23-24)17(19,20)21)9-1-6-14-12(7-9)22-16(25)26-14/h1-8H,(H,22,25). The number of oxazole rings is 1. The Bertz CT molecular complexity index is 1150. The molecule has 0 unspecified atom stereocenters. The Morgan fingerprint density at radius 3 is 2.46 bits per heavy atom. The van der Waals surface area contributed by atoms with Crippen molar-refractivity contribution in [1.82, 2.24) is 14.8 Å². The van der Waals surface area contributed by atoms with E-state index in [0.29, 0.717) is 11.1 Å². The molecular weight excluding hydrogens is 354 g/mol. The van der Waals surface area contributed by atoms with Gasteiger partial charge < -0.3 is 4.42 Å². The first kappa shape index (κ1) is 16.1. The average molecular weight is 363 g/mol. The molecule has 0 spiro atoms. The Morgan fingerprint density at radius 2 is 1.77 bits per heavy atom. The Hall–Kier alpha value is -3.36. The largest absolute Gasteiger partial charge is 0.435 e. The van der Waals surface area contributed by atoms with Gasteiger partial charge in [-0.2, -0.15) is 18.3 Å². The van der Waals surface area contributed by atoms with Crippen LogP contribution in [0.3, 0.4) is 0 Å². The number of nitrogens with zero attached hydrogens (tertiary/aromatic N) is 2. The SMILES string of the molecule is O=c1[nH]c2cc(-c3cc(C(F)(F)F)nn3-c3ccc(F)cc3)ccc2o1. The van der Waals surface area contributed by atoms with Crippen LogP contribution < -0.4 is 5.76 Å². The van der Waals surface area contributed by atoms with Crippen molar-refractivity contribution in [3.63, 3.8) is 0 Å². The molecule has 0 bridgehead atoms. The van der Waals surface area contributed by atoms with Gasteiger partial charge in [-0.25, -0.2) is 13.9 Å². The van der Waals surface area contributed by atoms with Gasteiger partial charge >= 0.3 is 11.9 Å². The van der Waals surface area contributed by atoms with E-state index in [0.717, 1.165) is 22.9 Å². The number of alkyl halides is 3. The number of hydrogen-bond donors (Lipinski definition) is 1. The van der Waals surface area contributed by atoms with Gasteiger partial charge in [0.05, 0.1) is 16.9 Å². The van der Waals surface area contributed by atoms with Crippen molar-refractivity contribution in [2.45, 2.75) is 6.18 Å². The predicted molar refractivity (Wildman–Crippen MR) is 84.4 cm³/mol. The molecule has 0 atom stereocenters. The van der Waals surface area contributed by atoms with E-state index >= 15 is 0 Å². The topological polar surface area (TPSA) is 63.8 Å². The molecule has 4 rings (SSSR count). The number of nitrogens with one attached hydrogen (secondary N) is 1. The number of rotatable bonds is 2. The van der Waals surface area contributed by atoms with E-state index in [9.17, 15) is 22.4 Å². The number of aromatic amines is 1. The number of fused-ring (bicyclic) bond motifs is 1. The first-order valence-electron chi connectivity index (χ1n) is 7.38. The molecule has 132 valence electrons. The summed E-state index contributed by atoms with van der Waals surface area (Å²) in [4.78, 5) is 13.7. The highest BCUT2D eigenvalue weighted by atomic mass is 19.4. The molecule has 4 aromatic rings. The van der Waals surface area contributed by atoms with Gasteiger partial charge in [0.1, 0.15) is 5.82 Å². The third-order valence-electron chi connectivity index (χ3n) is 3.79. The van der Waals surface area contributed by atoms with Gasteiger partial charge in [0.2, 0.25) is 0 Å². The van der Waals surface area contributed by atoms with Gasteiger partial charge in [-0.15, -0.1) is 0 Å². The quantitative estimate of drug-likeness (QED) is 0.545. The molecule has 5 nitrogen and oxygen atoms in total. The van der Waals surface area contributed by atoms with Gasteiger partial charge in [0.15, 0.2) is 11.3 Å². The summed E-state index contributed by atoms with van der Waals surface area (Å²) >= 11 is 0. The monoisotopic (exact) mass is 363 g/mol. The minimum atomic E-state index is -4.64. The molecule has 9 heteroatoms. The van der Waals surface area contributed by atoms with Crippen LogP contribution >= 0.6 is 0 Å². The number of H-pyrrole nitrogens is 1. The summed E-state index contributed by atoms with van der Waals surface area (Å²) in [6.45, 7) is 0. The van der Waals surface area contributed by atoms with Crippen LogP contribution in [0, 0.1) is 5.82 Å². The second-order valence-electron chi connectivity index (χ2n) is 5.53. The minimum Gasteiger partial charge on any atom is -0.408 e. The number of halogens is 4. The lowest BCUT2D eigenvalue weighted by molar-refractivity contribution is -0.141. The molecule has 1 N–H and O–H groups in total. The normalized spacial score (nSPS) is 12.0. The minimum absolute atomic E-state index is 0.132. The molecule has 0 radical (unpaired) electrons. The van der Waals surface area contributed by atoms with E-state index in [1.165, 1.54) is 30.3 Å². The Kier molecular flexibility index (Phi) is 3.46.